The molecule has 0 spiro atoms. The van der Waals surface area contributed by atoms with Gasteiger partial charge in [0.2, 0.25) is 0 Å². The largest absolute Gasteiger partial charge is 0.483 e. The molecule has 0 bridgehead atoms. The molecular formula is C58H48N2O3. The van der Waals surface area contributed by atoms with E-state index in [0.29, 0.717) is 5.92 Å². The van der Waals surface area contributed by atoms with Crippen molar-refractivity contribution in [2.45, 2.75) is 50.3 Å². The lowest BCUT2D eigenvalue weighted by molar-refractivity contribution is 0.0314. The number of benzene rings is 5. The highest BCUT2D eigenvalue weighted by molar-refractivity contribution is 5.94. The van der Waals surface area contributed by atoms with E-state index in [1.165, 1.54) is 50.3 Å². The molecule has 5 aliphatic carbocycles. The highest BCUT2D eigenvalue weighted by atomic mass is 16.5. The van der Waals surface area contributed by atoms with Crippen LogP contribution in [0.1, 0.15) is 57.1 Å². The quantitative estimate of drug-likeness (QED) is 0.170. The number of hydrogen-bond acceptors (Lipinski definition) is 5. The van der Waals surface area contributed by atoms with E-state index in [-0.39, 0.29) is 54.2 Å². The first-order valence-corrected chi connectivity index (χ1v) is 22.6. The first-order chi connectivity index (χ1) is 31.1. The van der Waals surface area contributed by atoms with E-state index in [0.717, 1.165) is 28.5 Å². The third-order valence-corrected chi connectivity index (χ3v) is 14.8. The Bertz CT molecular complexity index is 2960. The van der Waals surface area contributed by atoms with Crippen LogP contribution in [0.5, 0.6) is 5.75 Å². The zero-order valence-electron chi connectivity index (χ0n) is 35.4. The number of fused-ring (bicyclic) bond motifs is 13. The third-order valence-electron chi connectivity index (χ3n) is 14.8. The summed E-state index contributed by atoms with van der Waals surface area (Å²) in [6, 6.07) is 42.1. The molecule has 63 heavy (non-hydrogen) atoms. The fraction of sp³-hybridized carbons (Fsp3) is 0.207. The summed E-state index contributed by atoms with van der Waals surface area (Å²) in [5, 5.41) is 0. The van der Waals surface area contributed by atoms with Gasteiger partial charge in [-0.3, -0.25) is 0 Å². The fourth-order valence-electron chi connectivity index (χ4n) is 11.9. The van der Waals surface area contributed by atoms with Crippen LogP contribution in [0.2, 0.25) is 0 Å². The van der Waals surface area contributed by atoms with Crippen molar-refractivity contribution in [3.8, 4) is 5.75 Å². The van der Waals surface area contributed by atoms with Crippen molar-refractivity contribution < 1.29 is 14.2 Å². The minimum atomic E-state index is -0.133. The fourth-order valence-corrected chi connectivity index (χ4v) is 11.9. The van der Waals surface area contributed by atoms with Crippen molar-refractivity contribution in [2.24, 2.45) is 23.7 Å². The third kappa shape index (κ3) is 5.62. The van der Waals surface area contributed by atoms with Gasteiger partial charge >= 0.3 is 0 Å². The Morgan fingerprint density at radius 2 is 0.984 bits per heavy atom. The van der Waals surface area contributed by atoms with Gasteiger partial charge in [-0.05, 0) is 66.5 Å². The van der Waals surface area contributed by atoms with Gasteiger partial charge in [-0.15, -0.1) is 0 Å². The van der Waals surface area contributed by atoms with Gasteiger partial charge in [0.25, 0.3) is 0 Å². The van der Waals surface area contributed by atoms with Crippen molar-refractivity contribution in [3.63, 3.8) is 0 Å². The molecule has 3 heterocycles. The maximum absolute atomic E-state index is 7.43. The maximum atomic E-state index is 7.43. The lowest BCUT2D eigenvalue weighted by Crippen LogP contribution is -2.36. The predicted octanol–water partition coefficient (Wildman–Crippen LogP) is 13.0. The van der Waals surface area contributed by atoms with Crippen LogP contribution in [0.4, 0.5) is 17.1 Å². The van der Waals surface area contributed by atoms with Gasteiger partial charge in [-0.25, -0.2) is 0 Å². The maximum Gasteiger partial charge on any atom is 0.148 e. The van der Waals surface area contributed by atoms with Crippen LogP contribution >= 0.6 is 0 Å². The molecule has 5 aromatic carbocycles. The van der Waals surface area contributed by atoms with Crippen LogP contribution in [0, 0.1) is 37.5 Å². The number of allylic oxidation sites excluding steroid dienone is 6. The lowest BCUT2D eigenvalue weighted by atomic mass is 9.74. The summed E-state index contributed by atoms with van der Waals surface area (Å²) in [6.07, 6.45) is 29.2. The number of hydrogen-bond donors (Lipinski definition) is 0. The smallest absolute Gasteiger partial charge is 0.148 e. The van der Waals surface area contributed by atoms with Crippen molar-refractivity contribution in [1.82, 2.24) is 0 Å². The molecule has 5 nitrogen and oxygen atoms in total. The summed E-state index contributed by atoms with van der Waals surface area (Å²) in [7, 11) is 0. The molecule has 0 radical (unpaired) electrons. The monoisotopic (exact) mass is 820 g/mol. The van der Waals surface area contributed by atoms with Crippen LogP contribution in [0.3, 0.4) is 0 Å². The van der Waals surface area contributed by atoms with Crippen LogP contribution in [0.25, 0.3) is 11.4 Å². The second-order valence-corrected chi connectivity index (χ2v) is 18.1. The second kappa shape index (κ2) is 14.5. The molecule has 0 saturated carbocycles. The van der Waals surface area contributed by atoms with Crippen LogP contribution in [-0.4, -0.2) is 18.3 Å². The van der Waals surface area contributed by atoms with Crippen LogP contribution < -0.4 is 14.5 Å². The van der Waals surface area contributed by atoms with E-state index in [1.807, 2.05) is 0 Å². The number of aryl methyl sites for hydroxylation is 2. The van der Waals surface area contributed by atoms with Crippen molar-refractivity contribution in [3.05, 3.63) is 239 Å². The topological polar surface area (TPSA) is 34.2 Å². The summed E-state index contributed by atoms with van der Waals surface area (Å²) in [4.78, 5) is 5.00. The molecule has 5 aromatic rings. The molecule has 0 N–H and O–H groups in total. The molecule has 13 rings (SSSR count). The van der Waals surface area contributed by atoms with Gasteiger partial charge in [0.15, 0.2) is 0 Å². The summed E-state index contributed by atoms with van der Waals surface area (Å²) < 4.78 is 21.4. The molecule has 2 saturated heterocycles. The van der Waals surface area contributed by atoms with Crippen molar-refractivity contribution >= 4 is 28.5 Å². The molecular weight excluding hydrogens is 773 g/mol. The minimum Gasteiger partial charge on any atom is -0.483 e. The van der Waals surface area contributed by atoms with Gasteiger partial charge in [-0.1, -0.05) is 164 Å². The first kappa shape index (κ1) is 36.9. The van der Waals surface area contributed by atoms with Gasteiger partial charge in [0.05, 0.1) is 35.4 Å². The van der Waals surface area contributed by atoms with Crippen molar-refractivity contribution in [1.29, 1.82) is 0 Å². The Morgan fingerprint density at radius 1 is 0.429 bits per heavy atom. The molecule has 0 amide bonds. The molecule has 308 valence electrons. The van der Waals surface area contributed by atoms with E-state index in [2.05, 4.69) is 218 Å². The highest BCUT2D eigenvalue weighted by Crippen LogP contribution is 2.61. The summed E-state index contributed by atoms with van der Waals surface area (Å²) in [5.74, 6) is 1.75. The number of nitrogens with zero attached hydrogens (tertiary/aromatic N) is 2. The van der Waals surface area contributed by atoms with E-state index in [9.17, 15) is 0 Å². The number of rotatable bonds is 6. The molecule has 5 heteroatoms. The first-order valence-electron chi connectivity index (χ1n) is 22.6. The number of anilines is 3. The van der Waals surface area contributed by atoms with Crippen LogP contribution in [-0.2, 0) is 9.47 Å². The summed E-state index contributed by atoms with van der Waals surface area (Å²) >= 11 is 0. The van der Waals surface area contributed by atoms with Gasteiger partial charge in [0.1, 0.15) is 18.0 Å². The predicted molar refractivity (Wildman–Crippen MR) is 252 cm³/mol. The molecule has 10 atom stereocenters. The molecule has 10 unspecified atom stereocenters. The summed E-state index contributed by atoms with van der Waals surface area (Å²) in [6.45, 7) is 4.44. The minimum absolute atomic E-state index is 0.0235. The Labute approximate surface area is 369 Å². The van der Waals surface area contributed by atoms with E-state index in [1.54, 1.807) is 0 Å². The summed E-state index contributed by atoms with van der Waals surface area (Å²) in [5.41, 5.74) is 15.3. The Hall–Kier alpha value is -6.66. The standard InChI is InChI=1S/C58H48N2O3/c1-35-17-3-11-27-47(35)59(49-29-15-25-43-39-21-9-13-31-53(39)61-57(43)49)51-33-45-46-34-52(38-20-6-8-24-42(38)56(46)63-55(45)41-23-7-5-19-37(41)51)60(48-28-12-4-18-36(48)2)50-30-16-26-44-40-22-10-14-32-54(40)62-58(44)50/h3-34,39-40,43,45-46,53-57H,1-2H3. The average molecular weight is 821 g/mol. The average Bonchev–Trinajstić information content (AvgIpc) is 4.03. The number of ether oxygens (including phenoxy) is 3. The number of para-hydroxylation sites is 3. The Balaban J connectivity index is 0.999. The zero-order chi connectivity index (χ0) is 41.8. The normalized spacial score (nSPS) is 29.4. The van der Waals surface area contributed by atoms with Gasteiger partial charge < -0.3 is 24.0 Å². The van der Waals surface area contributed by atoms with E-state index in [4.69, 9.17) is 14.2 Å². The van der Waals surface area contributed by atoms with Gasteiger partial charge in [-0.2, -0.15) is 0 Å². The molecule has 0 aromatic heterocycles. The molecule has 3 aliphatic heterocycles. The van der Waals surface area contributed by atoms with Crippen molar-refractivity contribution in [2.75, 3.05) is 9.80 Å². The van der Waals surface area contributed by atoms with E-state index < -0.39 is 0 Å². The van der Waals surface area contributed by atoms with Crippen LogP contribution in [0.15, 0.2) is 200 Å². The molecule has 8 aliphatic rings. The molecule has 2 fully saturated rings. The van der Waals surface area contributed by atoms with Gasteiger partial charge in [0, 0.05) is 63.4 Å². The lowest BCUT2D eigenvalue weighted by Gasteiger charge is -2.40. The Morgan fingerprint density at radius 3 is 1.70 bits per heavy atom. The second-order valence-electron chi connectivity index (χ2n) is 18.1. The SMILES string of the molecule is Cc1ccccc1N(C1=CC2C(OC3c4ccccc4C(N(c4ccccc4C)c4cccc5c4OC4C=CC=CC54)=CC32)c2ccccc21)C1=CC=CC2C1OC1C=CC=CC12. The zero-order valence-corrected chi connectivity index (χ0v) is 35.4. The van der Waals surface area contributed by atoms with E-state index >= 15 is 0 Å². The highest BCUT2D eigenvalue weighted by Gasteiger charge is 2.52. The Kier molecular flexibility index (Phi) is 8.47.